The molecule has 1 aromatic rings. The third-order valence-corrected chi connectivity index (χ3v) is 3.97. The predicted octanol–water partition coefficient (Wildman–Crippen LogP) is 3.73. The molecule has 2 N–H and O–H groups in total. The quantitative estimate of drug-likeness (QED) is 0.254. The van der Waals surface area contributed by atoms with Gasteiger partial charge in [0, 0.05) is 37.1 Å². The van der Waals surface area contributed by atoms with Crippen molar-refractivity contribution < 1.29 is 23.0 Å². The van der Waals surface area contributed by atoms with Crippen molar-refractivity contribution in [3.63, 3.8) is 0 Å². The van der Waals surface area contributed by atoms with Gasteiger partial charge in [-0.3, -0.25) is 9.79 Å². The van der Waals surface area contributed by atoms with Crippen LogP contribution in [0.4, 0.5) is 8.78 Å². The van der Waals surface area contributed by atoms with E-state index in [1.165, 1.54) is 19.2 Å². The Bertz CT molecular complexity index is 616. The SMILES string of the molecule is CN=C(NCCCCCCC(=O)OC)NCc1cc(Cl)ccc1OC(F)F. The lowest BCUT2D eigenvalue weighted by Crippen LogP contribution is -2.37. The molecule has 0 amide bonds. The molecule has 0 bridgehead atoms. The number of esters is 1. The lowest BCUT2D eigenvalue weighted by molar-refractivity contribution is -0.140. The van der Waals surface area contributed by atoms with Gasteiger partial charge >= 0.3 is 12.6 Å². The molecule has 0 aliphatic heterocycles. The summed E-state index contributed by atoms with van der Waals surface area (Å²) in [6.07, 6.45) is 4.08. The number of aliphatic imine (C=N–C) groups is 1. The Morgan fingerprint density at radius 3 is 2.63 bits per heavy atom. The highest BCUT2D eigenvalue weighted by atomic mass is 35.5. The highest BCUT2D eigenvalue weighted by molar-refractivity contribution is 6.30. The summed E-state index contributed by atoms with van der Waals surface area (Å²) >= 11 is 5.93. The van der Waals surface area contributed by atoms with Crippen molar-refractivity contribution in [1.29, 1.82) is 0 Å². The van der Waals surface area contributed by atoms with E-state index in [0.717, 1.165) is 25.7 Å². The van der Waals surface area contributed by atoms with Gasteiger partial charge in [-0.1, -0.05) is 24.4 Å². The molecular weight excluding hydrogens is 380 g/mol. The highest BCUT2D eigenvalue weighted by Gasteiger charge is 2.11. The zero-order valence-electron chi connectivity index (χ0n) is 15.6. The van der Waals surface area contributed by atoms with Crippen LogP contribution < -0.4 is 15.4 Å². The van der Waals surface area contributed by atoms with Crippen LogP contribution in [0.5, 0.6) is 5.75 Å². The molecule has 0 heterocycles. The largest absolute Gasteiger partial charge is 0.469 e. The van der Waals surface area contributed by atoms with Crippen molar-refractivity contribution in [3.8, 4) is 5.75 Å². The van der Waals surface area contributed by atoms with Gasteiger partial charge in [0.15, 0.2) is 5.96 Å². The third-order valence-electron chi connectivity index (χ3n) is 3.74. The molecule has 0 aliphatic carbocycles. The summed E-state index contributed by atoms with van der Waals surface area (Å²) in [6, 6.07) is 4.48. The molecular formula is C18H26ClF2N3O3. The van der Waals surface area contributed by atoms with E-state index in [9.17, 15) is 13.6 Å². The van der Waals surface area contributed by atoms with E-state index in [0.29, 0.717) is 29.5 Å². The molecule has 152 valence electrons. The van der Waals surface area contributed by atoms with Crippen LogP contribution in [0.25, 0.3) is 0 Å². The van der Waals surface area contributed by atoms with Gasteiger partial charge in [0.05, 0.1) is 7.11 Å². The number of guanidine groups is 1. The molecule has 0 fully saturated rings. The lowest BCUT2D eigenvalue weighted by atomic mass is 10.1. The smallest absolute Gasteiger partial charge is 0.387 e. The molecule has 0 atom stereocenters. The minimum Gasteiger partial charge on any atom is -0.469 e. The minimum absolute atomic E-state index is 0.0722. The van der Waals surface area contributed by atoms with Gasteiger partial charge in [-0.2, -0.15) is 8.78 Å². The van der Waals surface area contributed by atoms with Gasteiger partial charge in [0.2, 0.25) is 0 Å². The van der Waals surface area contributed by atoms with Gasteiger partial charge in [0.1, 0.15) is 5.75 Å². The van der Waals surface area contributed by atoms with Crippen molar-refractivity contribution in [3.05, 3.63) is 28.8 Å². The molecule has 1 rings (SSSR count). The number of nitrogens with one attached hydrogen (secondary N) is 2. The number of rotatable bonds is 11. The number of alkyl halides is 2. The number of hydrogen-bond acceptors (Lipinski definition) is 4. The summed E-state index contributed by atoms with van der Waals surface area (Å²) in [4.78, 5) is 15.1. The Labute approximate surface area is 163 Å². The second-order valence-corrected chi connectivity index (χ2v) is 6.16. The molecule has 0 spiro atoms. The van der Waals surface area contributed by atoms with Crippen molar-refractivity contribution in [2.45, 2.75) is 45.3 Å². The molecule has 27 heavy (non-hydrogen) atoms. The van der Waals surface area contributed by atoms with Crippen molar-refractivity contribution in [2.24, 2.45) is 4.99 Å². The van der Waals surface area contributed by atoms with Crippen molar-refractivity contribution in [2.75, 3.05) is 20.7 Å². The van der Waals surface area contributed by atoms with E-state index in [2.05, 4.69) is 25.1 Å². The van der Waals surface area contributed by atoms with Crippen molar-refractivity contribution in [1.82, 2.24) is 10.6 Å². The molecule has 0 aromatic heterocycles. The Morgan fingerprint density at radius 2 is 1.96 bits per heavy atom. The van der Waals surface area contributed by atoms with Gasteiger partial charge in [-0.15, -0.1) is 0 Å². The Kier molecular flexibility index (Phi) is 11.2. The average Bonchev–Trinajstić information content (AvgIpc) is 2.64. The molecule has 9 heteroatoms. The number of carbonyl (C=O) groups is 1. The van der Waals surface area contributed by atoms with E-state index in [-0.39, 0.29) is 18.3 Å². The van der Waals surface area contributed by atoms with E-state index >= 15 is 0 Å². The lowest BCUT2D eigenvalue weighted by Gasteiger charge is -2.15. The summed E-state index contributed by atoms with van der Waals surface area (Å²) < 4.78 is 34.1. The van der Waals surface area contributed by atoms with Crippen molar-refractivity contribution >= 4 is 23.5 Å². The first kappa shape index (κ1) is 23.0. The second-order valence-electron chi connectivity index (χ2n) is 5.72. The first-order valence-electron chi connectivity index (χ1n) is 8.70. The number of ether oxygens (including phenoxy) is 2. The van der Waals surface area contributed by atoms with Crippen LogP contribution in [0, 0.1) is 0 Å². The minimum atomic E-state index is -2.90. The number of carbonyl (C=O) groups excluding carboxylic acids is 1. The zero-order valence-corrected chi connectivity index (χ0v) is 16.3. The summed E-state index contributed by atoms with van der Waals surface area (Å²) in [5.74, 6) is 0.435. The second kappa shape index (κ2) is 13.1. The molecule has 0 aliphatic rings. The molecule has 0 saturated carbocycles. The van der Waals surface area contributed by atoms with Gasteiger partial charge in [-0.05, 0) is 31.0 Å². The maximum atomic E-state index is 12.5. The van der Waals surface area contributed by atoms with E-state index in [1.807, 2.05) is 0 Å². The molecule has 0 saturated heterocycles. The summed E-state index contributed by atoms with van der Waals surface area (Å²) in [5, 5.41) is 6.63. The number of halogens is 3. The zero-order chi connectivity index (χ0) is 20.1. The van der Waals surface area contributed by atoms with Crippen LogP contribution in [-0.2, 0) is 16.1 Å². The number of methoxy groups -OCH3 is 1. The van der Waals surface area contributed by atoms with Crippen LogP contribution in [-0.4, -0.2) is 39.2 Å². The topological polar surface area (TPSA) is 72.0 Å². The number of unbranched alkanes of at least 4 members (excludes halogenated alkanes) is 3. The van der Waals surface area contributed by atoms with E-state index in [4.69, 9.17) is 11.6 Å². The van der Waals surface area contributed by atoms with Crippen LogP contribution in [0.15, 0.2) is 23.2 Å². The fourth-order valence-electron chi connectivity index (χ4n) is 2.35. The Hall–Kier alpha value is -2.09. The Balaban J connectivity index is 2.34. The van der Waals surface area contributed by atoms with Crippen LogP contribution in [0.2, 0.25) is 5.02 Å². The third kappa shape index (κ3) is 9.98. The molecule has 0 unspecified atom stereocenters. The monoisotopic (exact) mass is 405 g/mol. The van der Waals surface area contributed by atoms with Gasteiger partial charge in [-0.25, -0.2) is 0 Å². The van der Waals surface area contributed by atoms with Crippen LogP contribution in [0.3, 0.4) is 0 Å². The number of benzene rings is 1. The maximum Gasteiger partial charge on any atom is 0.387 e. The fraction of sp³-hybridized carbons (Fsp3) is 0.556. The number of nitrogens with zero attached hydrogens (tertiary/aromatic N) is 1. The normalized spacial score (nSPS) is 11.4. The number of hydrogen-bond donors (Lipinski definition) is 2. The van der Waals surface area contributed by atoms with Crippen LogP contribution in [0.1, 0.15) is 37.7 Å². The molecule has 1 aromatic carbocycles. The predicted molar refractivity (Wildman–Crippen MR) is 101 cm³/mol. The van der Waals surface area contributed by atoms with Gasteiger partial charge in [0.25, 0.3) is 0 Å². The Morgan fingerprint density at radius 1 is 1.22 bits per heavy atom. The van der Waals surface area contributed by atoms with Crippen LogP contribution >= 0.6 is 11.6 Å². The summed E-state index contributed by atoms with van der Waals surface area (Å²) in [6.45, 7) is -1.96. The van der Waals surface area contributed by atoms with E-state index < -0.39 is 6.61 Å². The standard InChI is InChI=1S/C18H26ClF2N3O3/c1-22-18(23-10-6-4-3-5-7-16(25)26-2)24-12-13-11-14(19)8-9-15(13)27-17(20)21/h8-9,11,17H,3-7,10,12H2,1-2H3,(H2,22,23,24). The molecule has 0 radical (unpaired) electrons. The average molecular weight is 406 g/mol. The first-order chi connectivity index (χ1) is 13.0. The summed E-state index contributed by atoms with van der Waals surface area (Å²) in [7, 11) is 3.01. The summed E-state index contributed by atoms with van der Waals surface area (Å²) in [5.41, 5.74) is 0.508. The van der Waals surface area contributed by atoms with E-state index in [1.54, 1.807) is 13.1 Å². The maximum absolute atomic E-state index is 12.5. The molecule has 6 nitrogen and oxygen atoms in total. The first-order valence-corrected chi connectivity index (χ1v) is 9.08. The highest BCUT2D eigenvalue weighted by Crippen LogP contribution is 2.24. The fourth-order valence-corrected chi connectivity index (χ4v) is 2.55. The van der Waals surface area contributed by atoms with Gasteiger partial charge < -0.3 is 20.1 Å².